The molecule has 20 heavy (non-hydrogen) atoms. The van der Waals surface area contributed by atoms with Crippen LogP contribution in [0.1, 0.15) is 19.8 Å². The van der Waals surface area contributed by atoms with Crippen LogP contribution in [0, 0.1) is 0 Å². The fraction of sp³-hybridized carbons (Fsp3) is 0.571. The molecule has 0 N–H and O–H groups in total. The van der Waals surface area contributed by atoms with Crippen LogP contribution in [0.3, 0.4) is 0 Å². The SMILES string of the molecule is CCCCO[Si](C)(C)O[Si](C)(C)Oc1ccccc1Cl. The molecule has 0 aliphatic heterocycles. The fourth-order valence-electron chi connectivity index (χ4n) is 1.90. The number of rotatable bonds is 8. The monoisotopic (exact) mass is 332 g/mol. The minimum Gasteiger partial charge on any atom is -0.520 e. The molecule has 0 saturated heterocycles. The van der Waals surface area contributed by atoms with Crippen molar-refractivity contribution in [3.8, 4) is 5.75 Å². The zero-order valence-electron chi connectivity index (χ0n) is 13.0. The van der Waals surface area contributed by atoms with E-state index in [1.807, 2.05) is 37.4 Å². The summed E-state index contributed by atoms with van der Waals surface area (Å²) < 4.78 is 18.1. The van der Waals surface area contributed by atoms with Crippen molar-refractivity contribution < 1.29 is 13.0 Å². The lowest BCUT2D eigenvalue weighted by molar-refractivity contribution is 0.227. The van der Waals surface area contributed by atoms with E-state index in [1.165, 1.54) is 0 Å². The van der Waals surface area contributed by atoms with Gasteiger partial charge in [0.05, 0.1) is 5.02 Å². The molecule has 0 bridgehead atoms. The second-order valence-electron chi connectivity index (χ2n) is 5.64. The van der Waals surface area contributed by atoms with Gasteiger partial charge in [0.25, 0.3) is 0 Å². The highest BCUT2D eigenvalue weighted by atomic mass is 35.5. The molecule has 0 atom stereocenters. The van der Waals surface area contributed by atoms with Crippen LogP contribution < -0.4 is 4.43 Å². The maximum atomic E-state index is 6.21. The molecule has 1 rings (SSSR count). The van der Waals surface area contributed by atoms with Gasteiger partial charge in [-0.1, -0.05) is 37.1 Å². The van der Waals surface area contributed by atoms with Crippen molar-refractivity contribution in [1.82, 2.24) is 0 Å². The molecule has 0 spiro atoms. The van der Waals surface area contributed by atoms with Gasteiger partial charge in [-0.3, -0.25) is 0 Å². The van der Waals surface area contributed by atoms with Crippen LogP contribution in [0.5, 0.6) is 5.75 Å². The van der Waals surface area contributed by atoms with Crippen molar-refractivity contribution in [3.63, 3.8) is 0 Å². The van der Waals surface area contributed by atoms with E-state index in [9.17, 15) is 0 Å². The Hall–Kier alpha value is -0.336. The Bertz CT molecular complexity index is 425. The summed E-state index contributed by atoms with van der Waals surface area (Å²) in [4.78, 5) is 0. The maximum Gasteiger partial charge on any atom is 0.383 e. The van der Waals surface area contributed by atoms with Crippen molar-refractivity contribution in [2.45, 2.75) is 46.0 Å². The second-order valence-corrected chi connectivity index (χ2v) is 13.0. The normalized spacial score (nSPS) is 12.5. The quantitative estimate of drug-likeness (QED) is 0.497. The van der Waals surface area contributed by atoms with E-state index < -0.39 is 17.1 Å². The van der Waals surface area contributed by atoms with Crippen molar-refractivity contribution in [2.24, 2.45) is 0 Å². The molecule has 0 amide bonds. The topological polar surface area (TPSA) is 27.7 Å². The van der Waals surface area contributed by atoms with Gasteiger partial charge in [0, 0.05) is 6.61 Å². The van der Waals surface area contributed by atoms with Crippen molar-refractivity contribution in [1.29, 1.82) is 0 Å². The van der Waals surface area contributed by atoms with Crippen LogP contribution in [0.4, 0.5) is 0 Å². The lowest BCUT2D eigenvalue weighted by Crippen LogP contribution is -2.50. The molecule has 0 radical (unpaired) electrons. The summed E-state index contributed by atoms with van der Waals surface area (Å²) in [5.74, 6) is 0.684. The van der Waals surface area contributed by atoms with E-state index >= 15 is 0 Å². The highest BCUT2D eigenvalue weighted by Crippen LogP contribution is 2.27. The summed E-state index contributed by atoms with van der Waals surface area (Å²) >= 11 is 6.13. The van der Waals surface area contributed by atoms with Gasteiger partial charge in [-0.25, -0.2) is 0 Å². The number of hydrogen-bond donors (Lipinski definition) is 0. The van der Waals surface area contributed by atoms with E-state index in [0.717, 1.165) is 19.4 Å². The highest BCUT2D eigenvalue weighted by molar-refractivity contribution is 6.79. The zero-order chi connectivity index (χ0) is 15.2. The minimum atomic E-state index is -2.32. The average Bonchev–Trinajstić information content (AvgIpc) is 2.30. The molecule has 6 heteroatoms. The molecule has 0 aromatic heterocycles. The Labute approximate surface area is 129 Å². The summed E-state index contributed by atoms with van der Waals surface area (Å²) in [7, 11) is -4.47. The molecular formula is C14H25ClO3Si2. The molecule has 0 aliphatic carbocycles. The van der Waals surface area contributed by atoms with E-state index in [2.05, 4.69) is 20.0 Å². The Morgan fingerprint density at radius 3 is 2.30 bits per heavy atom. The first-order chi connectivity index (χ1) is 9.26. The summed E-state index contributed by atoms with van der Waals surface area (Å²) in [5, 5.41) is 0.614. The minimum absolute atomic E-state index is 0.614. The number of halogens is 1. The van der Waals surface area contributed by atoms with Gasteiger partial charge in [-0.2, -0.15) is 0 Å². The maximum absolute atomic E-state index is 6.21. The third kappa shape index (κ3) is 6.41. The molecule has 3 nitrogen and oxygen atoms in total. The highest BCUT2D eigenvalue weighted by Gasteiger charge is 2.38. The Balaban J connectivity index is 2.62. The summed E-state index contributed by atoms with van der Waals surface area (Å²) in [6.07, 6.45) is 2.19. The number of benzene rings is 1. The third-order valence-electron chi connectivity index (χ3n) is 2.63. The lowest BCUT2D eigenvalue weighted by Gasteiger charge is -2.33. The molecule has 0 heterocycles. The molecular weight excluding hydrogens is 308 g/mol. The first-order valence-electron chi connectivity index (χ1n) is 7.03. The number of unbranched alkanes of at least 4 members (excludes halogenated alkanes) is 1. The van der Waals surface area contributed by atoms with Gasteiger partial charge in [-0.15, -0.1) is 0 Å². The van der Waals surface area contributed by atoms with Crippen LogP contribution in [-0.2, 0) is 8.54 Å². The number of para-hydroxylation sites is 1. The van der Waals surface area contributed by atoms with Gasteiger partial charge in [0.1, 0.15) is 5.75 Å². The fourth-order valence-corrected chi connectivity index (χ4v) is 8.62. The zero-order valence-corrected chi connectivity index (χ0v) is 15.8. The first kappa shape index (κ1) is 17.7. The van der Waals surface area contributed by atoms with Crippen LogP contribution in [0.25, 0.3) is 0 Å². The predicted octanol–water partition coefficient (Wildman–Crippen LogP) is 4.96. The first-order valence-corrected chi connectivity index (χ1v) is 13.0. The molecule has 0 saturated carbocycles. The third-order valence-corrected chi connectivity index (χ3v) is 8.49. The standard InChI is InChI=1S/C14H25ClO3Si2/c1-6-7-12-16-19(2,3)18-20(4,5)17-14-11-9-8-10-13(14)15/h8-11H,6-7,12H2,1-5H3. The van der Waals surface area contributed by atoms with Crippen LogP contribution in [0.2, 0.25) is 31.2 Å². The lowest BCUT2D eigenvalue weighted by atomic mass is 10.3. The molecule has 114 valence electrons. The summed E-state index contributed by atoms with van der Waals surface area (Å²) in [6, 6.07) is 7.48. The van der Waals surface area contributed by atoms with Gasteiger partial charge in [0.15, 0.2) is 0 Å². The Morgan fingerprint density at radius 2 is 1.70 bits per heavy atom. The smallest absolute Gasteiger partial charge is 0.383 e. The van der Waals surface area contributed by atoms with Crippen molar-refractivity contribution >= 4 is 28.7 Å². The molecule has 0 unspecified atom stereocenters. The average molecular weight is 333 g/mol. The van der Waals surface area contributed by atoms with E-state index in [1.54, 1.807) is 0 Å². The largest absolute Gasteiger partial charge is 0.520 e. The Morgan fingerprint density at radius 1 is 1.05 bits per heavy atom. The van der Waals surface area contributed by atoms with E-state index in [0.29, 0.717) is 10.8 Å². The summed E-state index contributed by atoms with van der Waals surface area (Å²) in [6.45, 7) is 11.1. The van der Waals surface area contributed by atoms with Crippen LogP contribution in [-0.4, -0.2) is 23.7 Å². The van der Waals surface area contributed by atoms with Crippen molar-refractivity contribution in [2.75, 3.05) is 6.61 Å². The summed E-state index contributed by atoms with van der Waals surface area (Å²) in [5.41, 5.74) is 0. The second kappa shape index (κ2) is 7.61. The van der Waals surface area contributed by atoms with E-state index in [4.69, 9.17) is 24.6 Å². The van der Waals surface area contributed by atoms with Crippen LogP contribution in [0.15, 0.2) is 24.3 Å². The number of hydrogen-bond acceptors (Lipinski definition) is 3. The van der Waals surface area contributed by atoms with E-state index in [-0.39, 0.29) is 0 Å². The Kier molecular flexibility index (Phi) is 6.74. The van der Waals surface area contributed by atoms with Crippen molar-refractivity contribution in [3.05, 3.63) is 29.3 Å². The predicted molar refractivity (Wildman–Crippen MR) is 89.0 cm³/mol. The van der Waals surface area contributed by atoms with Gasteiger partial charge >= 0.3 is 17.1 Å². The molecule has 0 aliphatic rings. The van der Waals surface area contributed by atoms with Gasteiger partial charge in [0.2, 0.25) is 0 Å². The van der Waals surface area contributed by atoms with Crippen LogP contribution >= 0.6 is 11.6 Å². The molecule has 0 fully saturated rings. The molecule has 1 aromatic rings. The van der Waals surface area contributed by atoms with Gasteiger partial charge < -0.3 is 13.0 Å². The van der Waals surface area contributed by atoms with Gasteiger partial charge in [-0.05, 0) is 44.7 Å². The molecule has 1 aromatic carbocycles.